The monoisotopic (exact) mass is 484 g/mol. The molecule has 33 heavy (non-hydrogen) atoms. The molecule has 174 valence electrons. The first kappa shape index (κ1) is 23.6. The Morgan fingerprint density at radius 2 is 1.36 bits per heavy atom. The third-order valence-electron chi connectivity index (χ3n) is 6.39. The zero-order valence-corrected chi connectivity index (χ0v) is 20.6. The van der Waals surface area contributed by atoms with Crippen molar-refractivity contribution < 1.29 is 21.6 Å². The van der Waals surface area contributed by atoms with Crippen molar-refractivity contribution in [3.05, 3.63) is 82.8 Å². The maximum Gasteiger partial charge on any atom is 0.203 e. The van der Waals surface area contributed by atoms with Crippen molar-refractivity contribution in [2.45, 2.75) is 55.1 Å². The maximum absolute atomic E-state index is 13.7. The lowest BCUT2D eigenvalue weighted by Crippen LogP contribution is -2.29. The Bertz CT molecular complexity index is 1340. The Morgan fingerprint density at radius 3 is 1.91 bits per heavy atom. The summed E-state index contributed by atoms with van der Waals surface area (Å²) in [4.78, 5) is 13.7. The smallest absolute Gasteiger partial charge is 0.203 e. The first-order valence-corrected chi connectivity index (χ1v) is 14.1. The number of hydrogen-bond donors (Lipinski definition) is 0. The highest BCUT2D eigenvalue weighted by Crippen LogP contribution is 2.50. The fourth-order valence-electron chi connectivity index (χ4n) is 4.93. The Labute approximate surface area is 196 Å². The molecule has 2 aliphatic carbocycles. The molecule has 4 rings (SSSR count). The number of sulfone groups is 2. The van der Waals surface area contributed by atoms with Crippen molar-refractivity contribution in [1.29, 1.82) is 0 Å². The van der Waals surface area contributed by atoms with Crippen LogP contribution in [0.4, 0.5) is 0 Å². The van der Waals surface area contributed by atoms with Crippen molar-refractivity contribution in [2.75, 3.05) is 0 Å². The van der Waals surface area contributed by atoms with Crippen LogP contribution in [0.5, 0.6) is 0 Å². The number of ketones is 1. The minimum absolute atomic E-state index is 0.156. The van der Waals surface area contributed by atoms with Crippen LogP contribution >= 0.6 is 0 Å². The fourth-order valence-corrected chi connectivity index (χ4v) is 8.54. The van der Waals surface area contributed by atoms with Crippen LogP contribution in [0, 0.1) is 11.3 Å². The number of carbonyl (C=O) groups is 1. The summed E-state index contributed by atoms with van der Waals surface area (Å²) in [7, 11) is -7.71. The van der Waals surface area contributed by atoms with Crippen LogP contribution in [0.3, 0.4) is 0 Å². The van der Waals surface area contributed by atoms with Gasteiger partial charge in [-0.15, -0.1) is 0 Å². The van der Waals surface area contributed by atoms with E-state index >= 15 is 0 Å². The van der Waals surface area contributed by atoms with Gasteiger partial charge >= 0.3 is 0 Å². The third kappa shape index (κ3) is 4.13. The number of allylic oxidation sites excluding steroid dienone is 3. The molecule has 2 aromatic rings. The van der Waals surface area contributed by atoms with Gasteiger partial charge in [0.1, 0.15) is 0 Å². The first-order chi connectivity index (χ1) is 15.5. The first-order valence-electron chi connectivity index (χ1n) is 11.0. The molecule has 0 fully saturated rings. The standard InChI is InChI=1S/C26H28O5S2/c1-26(2,3)25-21(27)17-20-22(32(28,29)18-11-6-4-7-12-18)15-10-16-23(24(20)25)33(30,31)19-13-8-5-9-14-19/h4-9,11-14,17,22,25H,10,15-16H2,1-3H3. The van der Waals surface area contributed by atoms with Crippen molar-refractivity contribution in [1.82, 2.24) is 0 Å². The quantitative estimate of drug-likeness (QED) is 0.615. The predicted molar refractivity (Wildman–Crippen MR) is 128 cm³/mol. The highest BCUT2D eigenvalue weighted by Gasteiger charge is 2.48. The molecule has 2 aromatic carbocycles. The lowest BCUT2D eigenvalue weighted by molar-refractivity contribution is -0.119. The largest absolute Gasteiger partial charge is 0.294 e. The van der Waals surface area contributed by atoms with Crippen molar-refractivity contribution in [3.8, 4) is 0 Å². The summed E-state index contributed by atoms with van der Waals surface area (Å²) in [6.45, 7) is 5.66. The number of carbonyl (C=O) groups excluding carboxylic acids is 1. The highest BCUT2D eigenvalue weighted by molar-refractivity contribution is 7.95. The second-order valence-electron chi connectivity index (χ2n) is 9.69. The Balaban J connectivity index is 1.97. The van der Waals surface area contributed by atoms with E-state index < -0.39 is 36.3 Å². The zero-order chi connectivity index (χ0) is 24.0. The summed E-state index contributed by atoms with van der Waals surface area (Å²) in [5.74, 6) is -0.948. The van der Waals surface area contributed by atoms with Crippen molar-refractivity contribution in [2.24, 2.45) is 11.3 Å². The Kier molecular flexibility index (Phi) is 5.99. The minimum Gasteiger partial charge on any atom is -0.294 e. The van der Waals surface area contributed by atoms with Crippen LogP contribution in [0.1, 0.15) is 40.0 Å². The molecule has 0 amide bonds. The molecular weight excluding hydrogens is 456 g/mol. The van der Waals surface area contributed by atoms with E-state index in [1.54, 1.807) is 48.5 Å². The Morgan fingerprint density at radius 1 is 0.818 bits per heavy atom. The van der Waals surface area contributed by atoms with Gasteiger partial charge < -0.3 is 0 Å². The summed E-state index contributed by atoms with van der Waals surface area (Å²) in [5, 5.41) is -0.963. The molecular formula is C26H28O5S2. The summed E-state index contributed by atoms with van der Waals surface area (Å²) in [6.07, 6.45) is 2.24. The van der Waals surface area contributed by atoms with E-state index in [1.165, 1.54) is 18.2 Å². The van der Waals surface area contributed by atoms with Gasteiger partial charge in [-0.2, -0.15) is 0 Å². The van der Waals surface area contributed by atoms with Gasteiger partial charge in [0.15, 0.2) is 15.6 Å². The van der Waals surface area contributed by atoms with Gasteiger partial charge in [-0.1, -0.05) is 57.2 Å². The number of fused-ring (bicyclic) bond motifs is 1. The minimum atomic E-state index is -3.90. The zero-order valence-electron chi connectivity index (χ0n) is 19.0. The van der Waals surface area contributed by atoms with Crippen LogP contribution < -0.4 is 0 Å². The number of hydrogen-bond acceptors (Lipinski definition) is 5. The lowest BCUT2D eigenvalue weighted by Gasteiger charge is -2.30. The number of benzene rings is 2. The van der Waals surface area contributed by atoms with E-state index in [4.69, 9.17) is 0 Å². The summed E-state index contributed by atoms with van der Waals surface area (Å²) < 4.78 is 54.8. The third-order valence-corrected chi connectivity index (χ3v) is 10.5. The Hall–Kier alpha value is -2.51. The molecule has 0 saturated heterocycles. The molecule has 0 radical (unpaired) electrons. The molecule has 0 bridgehead atoms. The molecule has 2 atom stereocenters. The molecule has 2 unspecified atom stereocenters. The van der Waals surface area contributed by atoms with Gasteiger partial charge in [-0.3, -0.25) is 4.79 Å². The molecule has 5 nitrogen and oxygen atoms in total. The van der Waals surface area contributed by atoms with E-state index in [0.29, 0.717) is 17.6 Å². The molecule has 0 saturated carbocycles. The summed E-state index contributed by atoms with van der Waals surface area (Å²) in [6, 6.07) is 16.3. The van der Waals surface area contributed by atoms with E-state index in [9.17, 15) is 21.6 Å². The number of rotatable bonds is 4. The molecule has 0 spiro atoms. The average molecular weight is 485 g/mol. The van der Waals surface area contributed by atoms with E-state index in [-0.39, 0.29) is 33.3 Å². The highest BCUT2D eigenvalue weighted by atomic mass is 32.2. The predicted octanol–water partition coefficient (Wildman–Crippen LogP) is 4.91. The van der Waals surface area contributed by atoms with Gasteiger partial charge in [-0.05, 0) is 66.2 Å². The molecule has 7 heteroatoms. The van der Waals surface area contributed by atoms with Crippen LogP contribution in [0.25, 0.3) is 0 Å². The van der Waals surface area contributed by atoms with Crippen LogP contribution in [0.2, 0.25) is 0 Å². The van der Waals surface area contributed by atoms with Crippen LogP contribution in [0.15, 0.2) is 92.6 Å². The SMILES string of the molecule is CC(C)(C)C1C(=O)C=C2C1=C(S(=O)(=O)c1ccccc1)CCCC2S(=O)(=O)c1ccccc1. The molecule has 0 N–H and O–H groups in total. The summed E-state index contributed by atoms with van der Waals surface area (Å²) >= 11 is 0. The lowest BCUT2D eigenvalue weighted by atomic mass is 9.75. The van der Waals surface area contributed by atoms with Crippen molar-refractivity contribution in [3.63, 3.8) is 0 Å². The fraction of sp³-hybridized carbons (Fsp3) is 0.346. The molecule has 2 aliphatic rings. The van der Waals surface area contributed by atoms with Gasteiger partial charge in [0.2, 0.25) is 9.84 Å². The molecule has 0 aliphatic heterocycles. The normalized spacial score (nSPS) is 22.0. The van der Waals surface area contributed by atoms with Crippen molar-refractivity contribution >= 4 is 25.5 Å². The molecule has 0 heterocycles. The van der Waals surface area contributed by atoms with Gasteiger partial charge in [0, 0.05) is 0 Å². The van der Waals surface area contributed by atoms with Crippen LogP contribution in [-0.2, 0) is 24.5 Å². The van der Waals surface area contributed by atoms with Crippen LogP contribution in [-0.4, -0.2) is 27.9 Å². The second kappa shape index (κ2) is 8.37. The average Bonchev–Trinajstić information content (AvgIpc) is 2.99. The maximum atomic E-state index is 13.7. The van der Waals surface area contributed by atoms with E-state index in [2.05, 4.69) is 0 Å². The van der Waals surface area contributed by atoms with E-state index in [0.717, 1.165) is 0 Å². The van der Waals surface area contributed by atoms with Gasteiger partial charge in [0.25, 0.3) is 0 Å². The van der Waals surface area contributed by atoms with Gasteiger partial charge in [-0.25, -0.2) is 16.8 Å². The molecule has 0 aromatic heterocycles. The topological polar surface area (TPSA) is 85.3 Å². The van der Waals surface area contributed by atoms with Gasteiger partial charge in [0.05, 0.1) is 25.9 Å². The summed E-state index contributed by atoms with van der Waals surface area (Å²) in [5.41, 5.74) is 0.155. The second-order valence-corrected chi connectivity index (χ2v) is 13.8. The van der Waals surface area contributed by atoms with E-state index in [1.807, 2.05) is 20.8 Å².